The Balaban J connectivity index is 2.46. The standard InChI is InChI=1S/C17H28N2O2/c1-17(2,11-12-18)10-9-16(20)19(3)13-14-5-7-15(21-4)8-6-14/h5-8H,9-13,18H2,1-4H3. The van der Waals surface area contributed by atoms with Gasteiger partial charge >= 0.3 is 0 Å². The molecule has 0 unspecified atom stereocenters. The van der Waals surface area contributed by atoms with E-state index in [9.17, 15) is 4.79 Å². The van der Waals surface area contributed by atoms with Gasteiger partial charge in [0.05, 0.1) is 7.11 Å². The predicted molar refractivity (Wildman–Crippen MR) is 86.2 cm³/mol. The lowest BCUT2D eigenvalue weighted by atomic mass is 9.84. The van der Waals surface area contributed by atoms with Gasteiger partial charge in [-0.05, 0) is 42.5 Å². The molecule has 0 aliphatic carbocycles. The largest absolute Gasteiger partial charge is 0.497 e. The molecule has 4 heteroatoms. The highest BCUT2D eigenvalue weighted by atomic mass is 16.5. The third-order valence-corrected chi connectivity index (χ3v) is 3.84. The number of hydrogen-bond donors (Lipinski definition) is 1. The van der Waals surface area contributed by atoms with Gasteiger partial charge in [-0.3, -0.25) is 4.79 Å². The van der Waals surface area contributed by atoms with Crippen LogP contribution in [0.15, 0.2) is 24.3 Å². The minimum atomic E-state index is 0.130. The molecule has 0 aromatic heterocycles. The van der Waals surface area contributed by atoms with Crippen molar-refractivity contribution in [2.45, 2.75) is 39.7 Å². The van der Waals surface area contributed by atoms with Crippen LogP contribution in [-0.4, -0.2) is 31.5 Å². The van der Waals surface area contributed by atoms with Gasteiger partial charge in [0, 0.05) is 20.0 Å². The molecule has 0 fully saturated rings. The second kappa shape index (κ2) is 8.03. The Morgan fingerprint density at radius 3 is 2.38 bits per heavy atom. The maximum Gasteiger partial charge on any atom is 0.222 e. The predicted octanol–water partition coefficient (Wildman–Crippen LogP) is 2.81. The van der Waals surface area contributed by atoms with E-state index < -0.39 is 0 Å². The van der Waals surface area contributed by atoms with Gasteiger partial charge in [0.25, 0.3) is 0 Å². The lowest BCUT2D eigenvalue weighted by Gasteiger charge is -2.25. The van der Waals surface area contributed by atoms with Crippen molar-refractivity contribution in [1.29, 1.82) is 0 Å². The Bertz CT molecular complexity index is 441. The second-order valence-electron chi connectivity index (χ2n) is 6.30. The molecule has 0 saturated heterocycles. The van der Waals surface area contributed by atoms with Crippen LogP contribution in [0.25, 0.3) is 0 Å². The minimum absolute atomic E-state index is 0.130. The van der Waals surface area contributed by atoms with Gasteiger partial charge < -0.3 is 15.4 Å². The third-order valence-electron chi connectivity index (χ3n) is 3.84. The van der Waals surface area contributed by atoms with E-state index in [1.165, 1.54) is 0 Å². The van der Waals surface area contributed by atoms with Crippen molar-refractivity contribution < 1.29 is 9.53 Å². The maximum atomic E-state index is 12.2. The fourth-order valence-corrected chi connectivity index (χ4v) is 2.24. The highest BCUT2D eigenvalue weighted by Gasteiger charge is 2.19. The number of nitrogens with zero attached hydrogens (tertiary/aromatic N) is 1. The number of rotatable bonds is 8. The summed E-state index contributed by atoms with van der Waals surface area (Å²) in [6, 6.07) is 7.80. The Morgan fingerprint density at radius 1 is 1.24 bits per heavy atom. The smallest absolute Gasteiger partial charge is 0.222 e. The average Bonchev–Trinajstić information content (AvgIpc) is 2.45. The van der Waals surface area contributed by atoms with Crippen LogP contribution < -0.4 is 10.5 Å². The molecule has 1 aromatic carbocycles. The molecule has 0 aliphatic rings. The van der Waals surface area contributed by atoms with E-state index in [2.05, 4.69) is 13.8 Å². The number of nitrogens with two attached hydrogens (primary N) is 1. The molecule has 0 saturated carbocycles. The zero-order chi connectivity index (χ0) is 15.9. The van der Waals surface area contributed by atoms with Gasteiger partial charge in [-0.15, -0.1) is 0 Å². The highest BCUT2D eigenvalue weighted by Crippen LogP contribution is 2.26. The highest BCUT2D eigenvalue weighted by molar-refractivity contribution is 5.75. The fraction of sp³-hybridized carbons (Fsp3) is 0.588. The number of benzene rings is 1. The first kappa shape index (κ1) is 17.5. The average molecular weight is 292 g/mol. The van der Waals surface area contributed by atoms with E-state index in [1.54, 1.807) is 12.0 Å². The van der Waals surface area contributed by atoms with Crippen LogP contribution in [0.5, 0.6) is 5.75 Å². The monoisotopic (exact) mass is 292 g/mol. The number of carbonyl (C=O) groups is 1. The Morgan fingerprint density at radius 2 is 1.86 bits per heavy atom. The number of hydrogen-bond acceptors (Lipinski definition) is 3. The molecular formula is C17H28N2O2. The summed E-state index contributed by atoms with van der Waals surface area (Å²) in [6.45, 7) is 5.62. The molecule has 0 atom stereocenters. The molecule has 118 valence electrons. The van der Waals surface area contributed by atoms with E-state index in [1.807, 2.05) is 31.3 Å². The summed E-state index contributed by atoms with van der Waals surface area (Å²) in [5.74, 6) is 1.01. The molecule has 0 bridgehead atoms. The first-order chi connectivity index (χ1) is 9.88. The van der Waals surface area contributed by atoms with Crippen LogP contribution in [0.1, 0.15) is 38.7 Å². The van der Waals surface area contributed by atoms with E-state index in [0.717, 1.165) is 24.2 Å². The van der Waals surface area contributed by atoms with Crippen molar-refractivity contribution in [2.24, 2.45) is 11.1 Å². The molecule has 1 rings (SSSR count). The molecule has 0 spiro atoms. The van der Waals surface area contributed by atoms with Crippen molar-refractivity contribution >= 4 is 5.91 Å². The number of methoxy groups -OCH3 is 1. The summed E-state index contributed by atoms with van der Waals surface area (Å²) in [6.07, 6.45) is 2.39. The fourth-order valence-electron chi connectivity index (χ4n) is 2.24. The summed E-state index contributed by atoms with van der Waals surface area (Å²) >= 11 is 0. The normalized spacial score (nSPS) is 11.3. The van der Waals surface area contributed by atoms with Crippen LogP contribution in [0.2, 0.25) is 0 Å². The van der Waals surface area contributed by atoms with Crippen molar-refractivity contribution in [3.8, 4) is 5.75 Å². The SMILES string of the molecule is COc1ccc(CN(C)C(=O)CCC(C)(C)CCN)cc1. The second-order valence-corrected chi connectivity index (χ2v) is 6.30. The van der Waals surface area contributed by atoms with Crippen LogP contribution in [0, 0.1) is 5.41 Å². The molecule has 1 aromatic rings. The summed E-state index contributed by atoms with van der Waals surface area (Å²) in [5.41, 5.74) is 6.84. The van der Waals surface area contributed by atoms with Crippen LogP contribution >= 0.6 is 0 Å². The topological polar surface area (TPSA) is 55.6 Å². The molecule has 0 aliphatic heterocycles. The first-order valence-electron chi connectivity index (χ1n) is 7.45. The molecule has 21 heavy (non-hydrogen) atoms. The molecule has 1 amide bonds. The van der Waals surface area contributed by atoms with Crippen LogP contribution in [0.4, 0.5) is 0 Å². The van der Waals surface area contributed by atoms with Crippen molar-refractivity contribution in [3.05, 3.63) is 29.8 Å². The molecule has 0 heterocycles. The summed E-state index contributed by atoms with van der Waals surface area (Å²) in [7, 11) is 3.50. The zero-order valence-corrected chi connectivity index (χ0v) is 13.7. The molecule has 4 nitrogen and oxygen atoms in total. The zero-order valence-electron chi connectivity index (χ0n) is 13.7. The third kappa shape index (κ3) is 6.17. The van der Waals surface area contributed by atoms with Crippen molar-refractivity contribution in [3.63, 3.8) is 0 Å². The van der Waals surface area contributed by atoms with Crippen LogP contribution in [-0.2, 0) is 11.3 Å². The molecule has 2 N–H and O–H groups in total. The minimum Gasteiger partial charge on any atom is -0.497 e. The van der Waals surface area contributed by atoms with Crippen molar-refractivity contribution in [1.82, 2.24) is 4.90 Å². The van der Waals surface area contributed by atoms with E-state index in [4.69, 9.17) is 10.5 Å². The number of ether oxygens (including phenoxy) is 1. The number of carbonyl (C=O) groups excluding carboxylic acids is 1. The van der Waals surface area contributed by atoms with Crippen molar-refractivity contribution in [2.75, 3.05) is 20.7 Å². The molecular weight excluding hydrogens is 264 g/mol. The van der Waals surface area contributed by atoms with E-state index >= 15 is 0 Å². The summed E-state index contributed by atoms with van der Waals surface area (Å²) < 4.78 is 5.13. The maximum absolute atomic E-state index is 12.2. The van der Waals surface area contributed by atoms with Gasteiger partial charge in [-0.2, -0.15) is 0 Å². The lowest BCUT2D eigenvalue weighted by molar-refractivity contribution is -0.131. The first-order valence-corrected chi connectivity index (χ1v) is 7.45. The Kier molecular flexibility index (Phi) is 6.69. The van der Waals surface area contributed by atoms with E-state index in [-0.39, 0.29) is 11.3 Å². The van der Waals surface area contributed by atoms with Gasteiger partial charge in [-0.1, -0.05) is 26.0 Å². The van der Waals surface area contributed by atoms with Crippen LogP contribution in [0.3, 0.4) is 0 Å². The lowest BCUT2D eigenvalue weighted by Crippen LogP contribution is -2.28. The number of amides is 1. The summed E-state index contributed by atoms with van der Waals surface area (Å²) in [4.78, 5) is 14.0. The quantitative estimate of drug-likeness (QED) is 0.801. The Labute approximate surface area is 128 Å². The van der Waals surface area contributed by atoms with Gasteiger partial charge in [0.15, 0.2) is 0 Å². The van der Waals surface area contributed by atoms with E-state index in [0.29, 0.717) is 19.5 Å². The van der Waals surface area contributed by atoms with Gasteiger partial charge in [0.1, 0.15) is 5.75 Å². The summed E-state index contributed by atoms with van der Waals surface area (Å²) in [5, 5.41) is 0. The molecule has 0 radical (unpaired) electrons. The van der Waals surface area contributed by atoms with Gasteiger partial charge in [0.2, 0.25) is 5.91 Å². The van der Waals surface area contributed by atoms with Gasteiger partial charge in [-0.25, -0.2) is 0 Å². The Hall–Kier alpha value is -1.55.